The lowest BCUT2D eigenvalue weighted by Crippen LogP contribution is -2.63. The largest absolute Gasteiger partial charge is 0.478 e. The van der Waals surface area contributed by atoms with Gasteiger partial charge in [0.2, 0.25) is 0 Å². The van der Waals surface area contributed by atoms with Gasteiger partial charge in [0.25, 0.3) is 0 Å². The van der Waals surface area contributed by atoms with Crippen LogP contribution in [-0.2, 0) is 22.6 Å². The molecule has 122 valence electrons. The van der Waals surface area contributed by atoms with E-state index in [0.29, 0.717) is 0 Å². The Morgan fingerprint density at radius 2 is 1.67 bits per heavy atom. The number of carbonyl (C=O) groups is 2. The summed E-state index contributed by atoms with van der Waals surface area (Å²) in [6, 6.07) is 0. The Balaban J connectivity index is 5.19. The molecule has 0 aromatic rings. The molecule has 0 aliphatic rings. The summed E-state index contributed by atoms with van der Waals surface area (Å²) in [5, 5.41) is 7.63. The van der Waals surface area contributed by atoms with Crippen molar-refractivity contribution in [2.75, 3.05) is 0 Å². The van der Waals surface area contributed by atoms with Gasteiger partial charge in [0, 0.05) is 12.2 Å². The molecule has 0 saturated carbocycles. The fourth-order valence-corrected chi connectivity index (χ4v) is 12.0. The molecule has 21 heavy (non-hydrogen) atoms. The van der Waals surface area contributed by atoms with Gasteiger partial charge in [-0.2, -0.15) is 0 Å². The maximum absolute atomic E-state index is 11.7. The molecule has 0 aliphatic carbocycles. The zero-order valence-electron chi connectivity index (χ0n) is 13.9. The van der Waals surface area contributed by atoms with Crippen LogP contribution in [0.15, 0.2) is 12.2 Å². The van der Waals surface area contributed by atoms with Crippen LogP contribution in [0.3, 0.4) is 0 Å². The summed E-state index contributed by atoms with van der Waals surface area (Å²) in [7, 11) is -5.35. The summed E-state index contributed by atoms with van der Waals surface area (Å²) in [4.78, 5) is 22.2. The third-order valence-electron chi connectivity index (χ3n) is 2.73. The Bertz CT molecular complexity index is 416. The van der Waals surface area contributed by atoms with Crippen LogP contribution in [0.5, 0.6) is 0 Å². The van der Waals surface area contributed by atoms with Crippen molar-refractivity contribution in [3.63, 3.8) is 0 Å². The molecule has 0 saturated heterocycles. The fraction of sp³-hybridized carbons (Fsp3) is 0.667. The van der Waals surface area contributed by atoms with Gasteiger partial charge in [-0.05, 0) is 40.0 Å². The number of carboxylic acid groups (broad SMARTS) is 1. The van der Waals surface area contributed by atoms with E-state index in [1.165, 1.54) is 0 Å². The Hall–Kier alpha value is -0.749. The van der Waals surface area contributed by atoms with Crippen molar-refractivity contribution in [3.8, 4) is 0 Å². The zero-order valence-corrected chi connectivity index (χ0v) is 17.3. The Morgan fingerprint density at radius 1 is 1.14 bits per heavy atom. The summed E-state index contributed by atoms with van der Waals surface area (Å²) in [5.41, 5.74) is 0. The van der Waals surface area contributed by atoms with E-state index in [1.54, 1.807) is 13.8 Å². The van der Waals surface area contributed by atoms with Crippen molar-refractivity contribution in [3.05, 3.63) is 12.2 Å². The van der Waals surface area contributed by atoms with Gasteiger partial charge in [0.1, 0.15) is 15.0 Å². The zero-order chi connectivity index (χ0) is 16.9. The highest BCUT2D eigenvalue weighted by Crippen LogP contribution is 2.29. The third-order valence-corrected chi connectivity index (χ3v) is 12.4. The van der Waals surface area contributed by atoms with E-state index >= 15 is 0 Å². The molecule has 1 unspecified atom stereocenters. The van der Waals surface area contributed by atoms with Gasteiger partial charge < -0.3 is 18.1 Å². The van der Waals surface area contributed by atoms with Crippen LogP contribution in [0.2, 0.25) is 32.7 Å². The molecule has 0 rings (SSSR count). The first-order valence-corrected chi connectivity index (χ1v) is 14.5. The number of ether oxygens (including phenoxy) is 1. The lowest BCUT2D eigenvalue weighted by molar-refractivity contribution is -0.146. The smallest absolute Gasteiger partial charge is 0.359 e. The standard InChI is InChI=1S/C12H26O6Si3/c1-12(2,16-11(15)9-8-10(13)14)21(7,17-19-3)18-20(4,5)6/h8-9H,19H2,1-7H3,(H,13,14)/b9-8+. The quantitative estimate of drug-likeness (QED) is 0.406. The second-order valence-electron chi connectivity index (χ2n) is 6.20. The minimum Gasteiger partial charge on any atom is -0.478 e. The molecule has 0 spiro atoms. The third kappa shape index (κ3) is 7.18. The van der Waals surface area contributed by atoms with Crippen LogP contribution >= 0.6 is 0 Å². The topological polar surface area (TPSA) is 82.1 Å². The lowest BCUT2D eigenvalue weighted by atomic mass is 10.4. The predicted molar refractivity (Wildman–Crippen MR) is 88.5 cm³/mol. The van der Waals surface area contributed by atoms with Gasteiger partial charge in [-0.3, -0.25) is 0 Å². The maximum Gasteiger partial charge on any atom is 0.359 e. The molecule has 0 heterocycles. The molecule has 0 bridgehead atoms. The minimum atomic E-state index is -2.73. The number of esters is 1. The lowest BCUT2D eigenvalue weighted by Gasteiger charge is -2.43. The van der Waals surface area contributed by atoms with E-state index in [9.17, 15) is 9.59 Å². The van der Waals surface area contributed by atoms with Crippen LogP contribution < -0.4 is 0 Å². The first-order chi connectivity index (χ1) is 9.33. The van der Waals surface area contributed by atoms with E-state index in [0.717, 1.165) is 12.2 Å². The number of aliphatic carboxylic acids is 1. The van der Waals surface area contributed by atoms with Crippen molar-refractivity contribution in [1.29, 1.82) is 0 Å². The molecular weight excluding hydrogens is 324 g/mol. The molecule has 0 amide bonds. The Labute approximate surface area is 130 Å². The number of rotatable bonds is 8. The van der Waals surface area contributed by atoms with Gasteiger partial charge in [-0.15, -0.1) is 0 Å². The van der Waals surface area contributed by atoms with E-state index in [1.807, 2.05) is 13.1 Å². The van der Waals surface area contributed by atoms with Gasteiger partial charge >= 0.3 is 20.5 Å². The maximum atomic E-state index is 11.7. The number of carboxylic acids is 1. The number of hydrogen-bond donors (Lipinski definition) is 1. The summed E-state index contributed by atoms with van der Waals surface area (Å²) in [6.45, 7) is 13.6. The first-order valence-electron chi connectivity index (χ1n) is 6.81. The second-order valence-corrected chi connectivity index (χ2v) is 16.1. The highest BCUT2D eigenvalue weighted by molar-refractivity contribution is 6.84. The average Bonchev–Trinajstić information content (AvgIpc) is 2.23. The molecule has 0 radical (unpaired) electrons. The SMILES string of the molecule is C[SiH2]O[Si](C)(O[Si](C)(C)C)C(C)(C)OC(=O)/C=C/C(=O)O. The molecule has 0 aromatic heterocycles. The average molecular weight is 351 g/mol. The molecule has 9 heteroatoms. The first kappa shape index (κ1) is 20.3. The molecule has 1 atom stereocenters. The van der Waals surface area contributed by atoms with Gasteiger partial charge in [-0.1, -0.05) is 6.55 Å². The van der Waals surface area contributed by atoms with Crippen LogP contribution in [0.25, 0.3) is 0 Å². The van der Waals surface area contributed by atoms with Crippen LogP contribution in [0, 0.1) is 0 Å². The Kier molecular flexibility index (Phi) is 7.23. The highest BCUT2D eigenvalue weighted by atomic mass is 28.5. The van der Waals surface area contributed by atoms with E-state index < -0.39 is 43.8 Å². The van der Waals surface area contributed by atoms with Crippen LogP contribution in [0.4, 0.5) is 0 Å². The summed E-state index contributed by atoms with van der Waals surface area (Å²) >= 11 is 0. The summed E-state index contributed by atoms with van der Waals surface area (Å²) < 4.78 is 17.6. The summed E-state index contributed by atoms with van der Waals surface area (Å²) in [5.74, 6) is -1.90. The van der Waals surface area contributed by atoms with E-state index in [4.69, 9.17) is 18.1 Å². The van der Waals surface area contributed by atoms with Gasteiger partial charge in [-0.25, -0.2) is 9.59 Å². The normalized spacial score (nSPS) is 16.3. The molecule has 0 aliphatic heterocycles. The molecule has 6 nitrogen and oxygen atoms in total. The fourth-order valence-electron chi connectivity index (χ4n) is 1.70. The monoisotopic (exact) mass is 350 g/mol. The van der Waals surface area contributed by atoms with Gasteiger partial charge in [0.15, 0.2) is 8.32 Å². The van der Waals surface area contributed by atoms with Crippen molar-refractivity contribution < 1.29 is 27.7 Å². The van der Waals surface area contributed by atoms with Crippen molar-refractivity contribution >= 4 is 38.6 Å². The predicted octanol–water partition coefficient (Wildman–Crippen LogP) is 1.56. The van der Waals surface area contributed by atoms with Crippen molar-refractivity contribution in [1.82, 2.24) is 0 Å². The molecule has 0 fully saturated rings. The Morgan fingerprint density at radius 3 is 2.05 bits per heavy atom. The molecule has 0 aromatic carbocycles. The van der Waals surface area contributed by atoms with Crippen molar-refractivity contribution in [2.45, 2.75) is 51.8 Å². The minimum absolute atomic E-state index is 0.707. The van der Waals surface area contributed by atoms with Crippen LogP contribution in [0.1, 0.15) is 13.8 Å². The second kappa shape index (κ2) is 7.49. The number of carbonyl (C=O) groups excluding carboxylic acids is 1. The van der Waals surface area contributed by atoms with Crippen molar-refractivity contribution in [2.24, 2.45) is 0 Å². The summed E-state index contributed by atoms with van der Waals surface area (Å²) in [6.07, 6.45) is 1.66. The highest BCUT2D eigenvalue weighted by Gasteiger charge is 2.52. The number of hydrogen-bond acceptors (Lipinski definition) is 5. The van der Waals surface area contributed by atoms with E-state index in [-0.39, 0.29) is 0 Å². The van der Waals surface area contributed by atoms with E-state index in [2.05, 4.69) is 19.6 Å². The van der Waals surface area contributed by atoms with Gasteiger partial charge in [0.05, 0.1) is 0 Å². The molecule has 1 N–H and O–H groups in total. The molecular formula is C12H26O6Si3. The van der Waals surface area contributed by atoms with Crippen LogP contribution in [-0.4, -0.2) is 48.9 Å².